The monoisotopic (exact) mass is 227 g/mol. The van der Waals surface area contributed by atoms with Gasteiger partial charge in [0.25, 0.3) is 0 Å². The molecule has 1 atom stereocenters. The van der Waals surface area contributed by atoms with Crippen molar-refractivity contribution in [3.8, 4) is 0 Å². The van der Waals surface area contributed by atoms with Crippen molar-refractivity contribution in [3.63, 3.8) is 0 Å². The van der Waals surface area contributed by atoms with E-state index in [0.717, 1.165) is 13.0 Å². The summed E-state index contributed by atoms with van der Waals surface area (Å²) < 4.78 is 0. The first-order valence-corrected chi connectivity index (χ1v) is 6.35. The highest BCUT2D eigenvalue weighted by Gasteiger charge is 2.15. The van der Waals surface area contributed by atoms with Crippen LogP contribution < -0.4 is 11.1 Å². The molecule has 1 amide bonds. The van der Waals surface area contributed by atoms with Gasteiger partial charge in [-0.2, -0.15) is 0 Å². The number of hydrogen-bond acceptors (Lipinski definition) is 3. The normalized spacial score (nSPS) is 20.9. The summed E-state index contributed by atoms with van der Waals surface area (Å²) in [6.07, 6.45) is 4.96. The lowest BCUT2D eigenvalue weighted by molar-refractivity contribution is -0.119. The highest BCUT2D eigenvalue weighted by Crippen LogP contribution is 2.11. The highest BCUT2D eigenvalue weighted by atomic mass is 16.1. The Kier molecular flexibility index (Phi) is 5.77. The third-order valence-corrected chi connectivity index (χ3v) is 3.25. The Morgan fingerprint density at radius 3 is 2.81 bits per heavy atom. The number of nitrogens with one attached hydrogen (secondary N) is 1. The zero-order chi connectivity index (χ0) is 12.0. The average molecular weight is 227 g/mol. The van der Waals surface area contributed by atoms with Gasteiger partial charge in [0.2, 0.25) is 5.91 Å². The van der Waals surface area contributed by atoms with Crippen molar-refractivity contribution in [1.29, 1.82) is 0 Å². The predicted molar refractivity (Wildman–Crippen MR) is 66.2 cm³/mol. The molecule has 94 valence electrons. The van der Waals surface area contributed by atoms with Crippen LogP contribution in [-0.4, -0.2) is 42.5 Å². The summed E-state index contributed by atoms with van der Waals surface area (Å²) in [5.41, 5.74) is 5.23. The van der Waals surface area contributed by atoms with Crippen LogP contribution in [0.2, 0.25) is 0 Å². The largest absolute Gasteiger partial charge is 0.369 e. The van der Waals surface area contributed by atoms with Crippen molar-refractivity contribution < 1.29 is 4.79 Å². The van der Waals surface area contributed by atoms with E-state index >= 15 is 0 Å². The molecule has 1 aliphatic rings. The van der Waals surface area contributed by atoms with Crippen LogP contribution in [0.1, 0.15) is 39.5 Å². The fourth-order valence-corrected chi connectivity index (χ4v) is 2.26. The Hall–Kier alpha value is -0.610. The lowest BCUT2D eigenvalue weighted by Crippen LogP contribution is -2.39. The van der Waals surface area contributed by atoms with Crippen LogP contribution in [-0.2, 0) is 4.79 Å². The van der Waals surface area contributed by atoms with E-state index in [0.29, 0.717) is 18.6 Å². The number of nitrogens with two attached hydrogens (primary N) is 1. The first kappa shape index (κ1) is 13.5. The minimum Gasteiger partial charge on any atom is -0.369 e. The van der Waals surface area contributed by atoms with Gasteiger partial charge < -0.3 is 11.1 Å². The molecule has 0 aliphatic carbocycles. The molecule has 0 saturated carbocycles. The van der Waals surface area contributed by atoms with Crippen molar-refractivity contribution in [2.24, 2.45) is 5.73 Å². The van der Waals surface area contributed by atoms with Gasteiger partial charge in [0.1, 0.15) is 0 Å². The summed E-state index contributed by atoms with van der Waals surface area (Å²) >= 11 is 0. The van der Waals surface area contributed by atoms with Crippen LogP contribution >= 0.6 is 0 Å². The van der Waals surface area contributed by atoms with Crippen molar-refractivity contribution in [2.75, 3.05) is 19.6 Å². The molecular formula is C12H25N3O. The Morgan fingerprint density at radius 2 is 2.31 bits per heavy atom. The van der Waals surface area contributed by atoms with Gasteiger partial charge in [-0.25, -0.2) is 0 Å². The molecule has 1 aliphatic heterocycles. The topological polar surface area (TPSA) is 58.4 Å². The van der Waals surface area contributed by atoms with E-state index in [-0.39, 0.29) is 5.91 Å². The zero-order valence-corrected chi connectivity index (χ0v) is 10.5. The van der Waals surface area contributed by atoms with E-state index in [1.54, 1.807) is 0 Å². The molecule has 4 heteroatoms. The third kappa shape index (κ3) is 4.94. The summed E-state index contributed by atoms with van der Waals surface area (Å²) in [7, 11) is 0. The lowest BCUT2D eigenvalue weighted by atomic mass is 10.1. The maximum atomic E-state index is 10.9. The predicted octanol–water partition coefficient (Wildman–Crippen LogP) is 0.714. The fraction of sp³-hybridized carbons (Fsp3) is 0.917. The maximum absolute atomic E-state index is 10.9. The van der Waals surface area contributed by atoms with E-state index in [9.17, 15) is 4.79 Å². The fourth-order valence-electron chi connectivity index (χ4n) is 2.26. The van der Waals surface area contributed by atoms with Gasteiger partial charge >= 0.3 is 0 Å². The Bertz CT molecular complexity index is 212. The minimum absolute atomic E-state index is 0.229. The van der Waals surface area contributed by atoms with Gasteiger partial charge in [-0.05, 0) is 52.6 Å². The van der Waals surface area contributed by atoms with Crippen molar-refractivity contribution in [3.05, 3.63) is 0 Å². The molecule has 0 aromatic heterocycles. The van der Waals surface area contributed by atoms with E-state index in [1.807, 2.05) is 0 Å². The molecule has 0 aromatic rings. The molecule has 0 spiro atoms. The van der Waals surface area contributed by atoms with E-state index < -0.39 is 0 Å². The number of rotatable bonds is 7. The molecule has 16 heavy (non-hydrogen) atoms. The van der Waals surface area contributed by atoms with Crippen molar-refractivity contribution in [1.82, 2.24) is 10.2 Å². The van der Waals surface area contributed by atoms with Gasteiger partial charge in [-0.15, -0.1) is 0 Å². The van der Waals surface area contributed by atoms with E-state index in [2.05, 4.69) is 24.1 Å². The minimum atomic E-state index is -0.229. The Balaban J connectivity index is 2.18. The molecule has 1 rings (SSSR count). The van der Waals surface area contributed by atoms with Crippen molar-refractivity contribution >= 4 is 5.91 Å². The second-order valence-electron chi connectivity index (χ2n) is 4.97. The van der Waals surface area contributed by atoms with Gasteiger partial charge in [0.15, 0.2) is 0 Å². The van der Waals surface area contributed by atoms with Crippen LogP contribution in [0, 0.1) is 0 Å². The quantitative estimate of drug-likeness (QED) is 0.673. The summed E-state index contributed by atoms with van der Waals surface area (Å²) in [5.74, 6) is -0.229. The second-order valence-corrected chi connectivity index (χ2v) is 4.97. The molecule has 0 bridgehead atoms. The summed E-state index contributed by atoms with van der Waals surface area (Å²) in [6, 6.07) is 1.09. The van der Waals surface area contributed by atoms with Gasteiger partial charge in [-0.3, -0.25) is 9.69 Å². The first-order chi connectivity index (χ1) is 7.59. The molecule has 1 saturated heterocycles. The number of amides is 1. The van der Waals surface area contributed by atoms with Gasteiger partial charge in [-0.1, -0.05) is 0 Å². The number of carbonyl (C=O) groups is 1. The molecule has 1 fully saturated rings. The summed E-state index contributed by atoms with van der Waals surface area (Å²) in [5, 5.41) is 3.49. The second kappa shape index (κ2) is 6.86. The van der Waals surface area contributed by atoms with Crippen LogP contribution in [0.5, 0.6) is 0 Å². The number of hydrogen-bond donors (Lipinski definition) is 2. The van der Waals surface area contributed by atoms with Crippen LogP contribution in [0.25, 0.3) is 0 Å². The van der Waals surface area contributed by atoms with Crippen LogP contribution in [0.4, 0.5) is 0 Å². The maximum Gasteiger partial charge on any atom is 0.231 e. The Morgan fingerprint density at radius 1 is 1.56 bits per heavy atom. The standard InChI is InChI=1S/C12H25N3O/c1-10(2)15(9-12(13)16)8-4-6-11-5-3-7-14-11/h10-11,14H,3-9H2,1-2H3,(H2,13,16). The lowest BCUT2D eigenvalue weighted by Gasteiger charge is -2.25. The molecule has 0 radical (unpaired) electrons. The van der Waals surface area contributed by atoms with E-state index in [4.69, 9.17) is 5.73 Å². The molecule has 1 unspecified atom stereocenters. The summed E-state index contributed by atoms with van der Waals surface area (Å²) in [6.45, 7) is 6.74. The smallest absolute Gasteiger partial charge is 0.231 e. The van der Waals surface area contributed by atoms with E-state index in [1.165, 1.54) is 25.8 Å². The molecule has 3 N–H and O–H groups in total. The SMILES string of the molecule is CC(C)N(CCCC1CCCN1)CC(N)=O. The number of primary amides is 1. The first-order valence-electron chi connectivity index (χ1n) is 6.35. The highest BCUT2D eigenvalue weighted by molar-refractivity contribution is 5.75. The Labute approximate surface area is 98.6 Å². The zero-order valence-electron chi connectivity index (χ0n) is 10.5. The number of carbonyl (C=O) groups excluding carboxylic acids is 1. The molecule has 1 heterocycles. The summed E-state index contributed by atoms with van der Waals surface area (Å²) in [4.78, 5) is 13.1. The third-order valence-electron chi connectivity index (χ3n) is 3.25. The van der Waals surface area contributed by atoms with Crippen LogP contribution in [0.15, 0.2) is 0 Å². The average Bonchev–Trinajstić information content (AvgIpc) is 2.68. The van der Waals surface area contributed by atoms with Gasteiger partial charge in [0.05, 0.1) is 6.54 Å². The molecular weight excluding hydrogens is 202 g/mol. The van der Waals surface area contributed by atoms with Gasteiger partial charge in [0, 0.05) is 12.1 Å². The van der Waals surface area contributed by atoms with Crippen molar-refractivity contribution in [2.45, 2.75) is 51.6 Å². The molecule has 0 aromatic carbocycles. The number of nitrogens with zero attached hydrogens (tertiary/aromatic N) is 1. The molecule has 4 nitrogen and oxygen atoms in total. The van der Waals surface area contributed by atoms with Crippen LogP contribution in [0.3, 0.4) is 0 Å².